The van der Waals surface area contributed by atoms with Gasteiger partial charge in [-0.1, -0.05) is 0 Å². The van der Waals surface area contributed by atoms with Crippen molar-refractivity contribution in [3.63, 3.8) is 0 Å². The Morgan fingerprint density at radius 2 is 1.69 bits per heavy atom. The Kier molecular flexibility index (Phi) is 2.20. The van der Waals surface area contributed by atoms with Gasteiger partial charge in [0.1, 0.15) is 0 Å². The molecule has 0 aliphatic heterocycles. The van der Waals surface area contributed by atoms with Crippen LogP contribution in [0.15, 0.2) is 0 Å². The molecule has 0 saturated heterocycles. The van der Waals surface area contributed by atoms with E-state index < -0.39 is 17.4 Å². The van der Waals surface area contributed by atoms with Crippen molar-refractivity contribution in [2.24, 2.45) is 0 Å². The van der Waals surface area contributed by atoms with Crippen molar-refractivity contribution in [1.29, 1.82) is 5.26 Å². The van der Waals surface area contributed by atoms with Crippen molar-refractivity contribution >= 4 is 0 Å². The van der Waals surface area contributed by atoms with E-state index in [-0.39, 0.29) is 16.7 Å². The van der Waals surface area contributed by atoms with Gasteiger partial charge in [0.2, 0.25) is 5.82 Å². The Morgan fingerprint density at radius 1 is 1.15 bits per heavy atom. The predicted molar refractivity (Wildman–Crippen MR) is 42.2 cm³/mol. The summed E-state index contributed by atoms with van der Waals surface area (Å²) in [5.74, 6) is -3.26. The lowest BCUT2D eigenvalue weighted by molar-refractivity contribution is 0.401. The predicted octanol–water partition coefficient (Wildman–Crippen LogP) is 2.16. The first kappa shape index (κ1) is 9.46. The second-order valence-corrected chi connectivity index (χ2v) is 2.71. The summed E-state index contributed by atoms with van der Waals surface area (Å²) in [5, 5.41) is 17.6. The zero-order valence-electron chi connectivity index (χ0n) is 7.15. The minimum atomic E-state index is -1.30. The van der Waals surface area contributed by atoms with Gasteiger partial charge in [0.15, 0.2) is 11.6 Å². The topological polar surface area (TPSA) is 44.0 Å². The summed E-state index contributed by atoms with van der Waals surface area (Å²) >= 11 is 0. The van der Waals surface area contributed by atoms with Crippen molar-refractivity contribution in [3.8, 4) is 11.8 Å². The molecule has 1 rings (SSSR count). The van der Waals surface area contributed by atoms with Gasteiger partial charge in [0.25, 0.3) is 0 Å². The van der Waals surface area contributed by atoms with Crippen LogP contribution in [0.1, 0.15) is 16.7 Å². The molecule has 1 aromatic carbocycles. The van der Waals surface area contributed by atoms with E-state index in [1.165, 1.54) is 13.8 Å². The fourth-order valence-electron chi connectivity index (χ4n) is 1.11. The van der Waals surface area contributed by atoms with Crippen molar-refractivity contribution in [2.75, 3.05) is 0 Å². The summed E-state index contributed by atoms with van der Waals surface area (Å²) in [6.07, 6.45) is 0. The van der Waals surface area contributed by atoms with Crippen LogP contribution in [0.2, 0.25) is 0 Å². The maximum atomic E-state index is 12.9. The number of benzene rings is 1. The number of phenolic OH excluding ortho intramolecular Hbond substituents is 1. The zero-order chi connectivity index (χ0) is 10.2. The van der Waals surface area contributed by atoms with E-state index in [9.17, 15) is 8.78 Å². The SMILES string of the molecule is Cc1c(O)c(F)c(F)c(C)c1C#N. The van der Waals surface area contributed by atoms with Gasteiger partial charge in [-0.25, -0.2) is 4.39 Å². The first-order chi connectivity index (χ1) is 6.00. The van der Waals surface area contributed by atoms with Gasteiger partial charge < -0.3 is 5.11 Å². The van der Waals surface area contributed by atoms with E-state index in [0.717, 1.165) is 0 Å². The van der Waals surface area contributed by atoms with Gasteiger partial charge >= 0.3 is 0 Å². The van der Waals surface area contributed by atoms with E-state index in [1.807, 2.05) is 0 Å². The number of nitrogens with zero attached hydrogens (tertiary/aromatic N) is 1. The van der Waals surface area contributed by atoms with Crippen LogP contribution in [0.25, 0.3) is 0 Å². The largest absolute Gasteiger partial charge is 0.505 e. The van der Waals surface area contributed by atoms with Crippen LogP contribution in [0.5, 0.6) is 5.75 Å². The van der Waals surface area contributed by atoms with E-state index in [1.54, 1.807) is 6.07 Å². The molecule has 0 saturated carbocycles. The second-order valence-electron chi connectivity index (χ2n) is 2.71. The number of halogens is 2. The molecule has 13 heavy (non-hydrogen) atoms. The molecule has 0 aliphatic carbocycles. The number of nitriles is 1. The highest BCUT2D eigenvalue weighted by molar-refractivity contribution is 5.51. The molecule has 0 atom stereocenters. The van der Waals surface area contributed by atoms with Gasteiger partial charge in [-0.3, -0.25) is 0 Å². The molecule has 0 heterocycles. The number of phenols is 1. The summed E-state index contributed by atoms with van der Waals surface area (Å²) in [5.41, 5.74) is -0.0226. The summed E-state index contributed by atoms with van der Waals surface area (Å²) in [4.78, 5) is 0. The van der Waals surface area contributed by atoms with Gasteiger partial charge in [0.05, 0.1) is 11.6 Å². The molecular weight excluding hydrogens is 176 g/mol. The molecular formula is C9H7F2NO. The first-order valence-electron chi connectivity index (χ1n) is 3.58. The minimum Gasteiger partial charge on any atom is -0.505 e. The highest BCUT2D eigenvalue weighted by Gasteiger charge is 2.18. The molecule has 1 aromatic rings. The highest BCUT2D eigenvalue weighted by atomic mass is 19.2. The molecule has 0 radical (unpaired) electrons. The molecule has 0 fully saturated rings. The maximum Gasteiger partial charge on any atom is 0.200 e. The Labute approximate surface area is 74.0 Å². The third-order valence-electron chi connectivity index (χ3n) is 1.95. The molecule has 0 bridgehead atoms. The Hall–Kier alpha value is -1.63. The third kappa shape index (κ3) is 1.22. The molecule has 2 nitrogen and oxygen atoms in total. The van der Waals surface area contributed by atoms with Crippen LogP contribution in [0, 0.1) is 36.8 Å². The van der Waals surface area contributed by atoms with Crippen molar-refractivity contribution in [2.45, 2.75) is 13.8 Å². The lowest BCUT2D eigenvalue weighted by Crippen LogP contribution is -1.98. The number of aromatic hydroxyl groups is 1. The molecule has 0 aliphatic rings. The van der Waals surface area contributed by atoms with Crippen LogP contribution < -0.4 is 0 Å². The lowest BCUT2D eigenvalue weighted by atomic mass is 10.0. The maximum absolute atomic E-state index is 12.9. The molecule has 0 unspecified atom stereocenters. The fraction of sp³-hybridized carbons (Fsp3) is 0.222. The first-order valence-corrected chi connectivity index (χ1v) is 3.58. The van der Waals surface area contributed by atoms with Crippen molar-refractivity contribution < 1.29 is 13.9 Å². The van der Waals surface area contributed by atoms with E-state index >= 15 is 0 Å². The molecule has 0 spiro atoms. The van der Waals surface area contributed by atoms with Crippen molar-refractivity contribution in [1.82, 2.24) is 0 Å². The average molecular weight is 183 g/mol. The highest BCUT2D eigenvalue weighted by Crippen LogP contribution is 2.29. The molecule has 4 heteroatoms. The van der Waals surface area contributed by atoms with Gasteiger partial charge in [0, 0.05) is 11.1 Å². The smallest absolute Gasteiger partial charge is 0.200 e. The normalized spacial score (nSPS) is 9.77. The molecule has 1 N–H and O–H groups in total. The van der Waals surface area contributed by atoms with Crippen LogP contribution >= 0.6 is 0 Å². The van der Waals surface area contributed by atoms with Crippen LogP contribution in [0.3, 0.4) is 0 Å². The number of rotatable bonds is 0. The summed E-state index contributed by atoms with van der Waals surface area (Å²) in [7, 11) is 0. The van der Waals surface area contributed by atoms with Gasteiger partial charge in [-0.2, -0.15) is 9.65 Å². The average Bonchev–Trinajstić information content (AvgIpc) is 2.13. The lowest BCUT2D eigenvalue weighted by Gasteiger charge is -2.07. The minimum absolute atomic E-state index is 0.0172. The summed E-state index contributed by atoms with van der Waals surface area (Å²) < 4.78 is 25.8. The van der Waals surface area contributed by atoms with Gasteiger partial charge in [-0.15, -0.1) is 0 Å². The third-order valence-corrected chi connectivity index (χ3v) is 1.95. The number of hydrogen-bond acceptors (Lipinski definition) is 2. The van der Waals surface area contributed by atoms with E-state index in [4.69, 9.17) is 10.4 Å². The Balaban J connectivity index is 3.69. The Morgan fingerprint density at radius 3 is 2.15 bits per heavy atom. The van der Waals surface area contributed by atoms with E-state index in [2.05, 4.69) is 0 Å². The molecule has 68 valence electrons. The monoisotopic (exact) mass is 183 g/mol. The van der Waals surface area contributed by atoms with Crippen LogP contribution in [-0.4, -0.2) is 5.11 Å². The van der Waals surface area contributed by atoms with Gasteiger partial charge in [-0.05, 0) is 13.8 Å². The summed E-state index contributed by atoms with van der Waals surface area (Å²) in [6, 6.07) is 1.71. The summed E-state index contributed by atoms with van der Waals surface area (Å²) in [6.45, 7) is 2.66. The Bertz CT molecular complexity index is 378. The number of hydrogen-bond donors (Lipinski definition) is 1. The van der Waals surface area contributed by atoms with Crippen LogP contribution in [-0.2, 0) is 0 Å². The van der Waals surface area contributed by atoms with E-state index in [0.29, 0.717) is 0 Å². The standard InChI is InChI=1S/C9H7F2NO/c1-4-6(3-12)5(2)9(13)8(11)7(4)10/h13H,1-2H3. The second kappa shape index (κ2) is 3.02. The van der Waals surface area contributed by atoms with Crippen LogP contribution in [0.4, 0.5) is 8.78 Å². The quantitative estimate of drug-likeness (QED) is 0.669. The van der Waals surface area contributed by atoms with Crippen molar-refractivity contribution in [3.05, 3.63) is 28.3 Å². The molecule has 0 amide bonds. The fourth-order valence-corrected chi connectivity index (χ4v) is 1.11. The molecule has 0 aromatic heterocycles. The zero-order valence-corrected chi connectivity index (χ0v) is 7.15.